The average Bonchev–Trinajstić information content (AvgIpc) is 2.70. The van der Waals surface area contributed by atoms with E-state index in [1.54, 1.807) is 6.20 Å². The molecule has 5 nitrogen and oxygen atoms in total. The van der Waals surface area contributed by atoms with E-state index in [1.165, 1.54) is 0 Å². The molecule has 16 heavy (non-hydrogen) atoms. The quantitative estimate of drug-likeness (QED) is 0.515. The Morgan fingerprint density at radius 3 is 3.19 bits per heavy atom. The number of nitrogens with one attached hydrogen (secondary N) is 1. The monoisotopic (exact) mass is 222 g/mol. The first-order valence-corrected chi connectivity index (χ1v) is 5.56. The van der Waals surface area contributed by atoms with E-state index in [0.29, 0.717) is 11.7 Å². The molecule has 0 amide bonds. The van der Waals surface area contributed by atoms with Crippen LogP contribution in [0.15, 0.2) is 18.3 Å². The number of hydrogen-bond donors (Lipinski definition) is 3. The zero-order chi connectivity index (χ0) is 11.5. The molecule has 4 N–H and O–H groups in total. The van der Waals surface area contributed by atoms with E-state index in [9.17, 15) is 5.11 Å². The maximum absolute atomic E-state index is 9.40. The molecular weight excluding hydrogens is 204 g/mol. The summed E-state index contributed by atoms with van der Waals surface area (Å²) >= 11 is 0. The molecule has 0 spiro atoms. The van der Waals surface area contributed by atoms with Crippen LogP contribution in [-0.2, 0) is 0 Å². The molecule has 2 heterocycles. The normalized spacial score (nSPS) is 24.8. The molecule has 88 valence electrons. The number of nitrogen functional groups attached to an aromatic ring is 1. The zero-order valence-electron chi connectivity index (χ0n) is 9.43. The summed E-state index contributed by atoms with van der Waals surface area (Å²) in [6.45, 7) is 3.33. The summed E-state index contributed by atoms with van der Waals surface area (Å²) in [6.07, 6.45) is 2.83. The van der Waals surface area contributed by atoms with Gasteiger partial charge in [-0.2, -0.15) is 0 Å². The van der Waals surface area contributed by atoms with Crippen LogP contribution < -0.4 is 16.2 Å². The van der Waals surface area contributed by atoms with E-state index in [4.69, 9.17) is 5.84 Å². The largest absolute Gasteiger partial charge is 0.394 e. The number of aliphatic hydroxyl groups excluding tert-OH is 1. The lowest BCUT2D eigenvalue weighted by molar-refractivity contribution is 0.245. The summed E-state index contributed by atoms with van der Waals surface area (Å²) in [7, 11) is 0. The summed E-state index contributed by atoms with van der Waals surface area (Å²) < 4.78 is 0. The Morgan fingerprint density at radius 2 is 2.50 bits per heavy atom. The predicted molar refractivity (Wildman–Crippen MR) is 64.0 cm³/mol. The molecule has 1 aromatic heterocycles. The van der Waals surface area contributed by atoms with Gasteiger partial charge in [0, 0.05) is 24.5 Å². The molecule has 0 aliphatic carbocycles. The summed E-state index contributed by atoms with van der Waals surface area (Å²) in [4.78, 5) is 6.29. The van der Waals surface area contributed by atoms with Crippen molar-refractivity contribution in [3.8, 4) is 0 Å². The highest BCUT2D eigenvalue weighted by molar-refractivity contribution is 5.54. The van der Waals surface area contributed by atoms with Crippen molar-refractivity contribution in [1.29, 1.82) is 0 Å². The summed E-state index contributed by atoms with van der Waals surface area (Å²) in [5.74, 6) is 6.50. The Balaban J connectivity index is 2.22. The van der Waals surface area contributed by atoms with Crippen molar-refractivity contribution in [2.45, 2.75) is 19.4 Å². The molecule has 5 heteroatoms. The first-order valence-electron chi connectivity index (χ1n) is 5.56. The van der Waals surface area contributed by atoms with Crippen molar-refractivity contribution in [2.24, 2.45) is 11.8 Å². The molecule has 0 bridgehead atoms. The van der Waals surface area contributed by atoms with Gasteiger partial charge in [-0.05, 0) is 18.4 Å². The van der Waals surface area contributed by atoms with E-state index < -0.39 is 0 Å². The SMILES string of the molecule is CC1CCN(c2ccnc(NN)c2)C1CO. The van der Waals surface area contributed by atoms with Crippen LogP contribution in [-0.4, -0.2) is 29.3 Å². The topological polar surface area (TPSA) is 74.4 Å². The molecule has 1 saturated heterocycles. The fourth-order valence-corrected chi connectivity index (χ4v) is 2.28. The molecule has 0 aromatic carbocycles. The second kappa shape index (κ2) is 4.67. The van der Waals surface area contributed by atoms with Crippen LogP contribution in [0.2, 0.25) is 0 Å². The predicted octanol–water partition coefficient (Wildman–Crippen LogP) is 0.574. The third kappa shape index (κ3) is 1.96. The number of aromatic nitrogens is 1. The molecule has 0 radical (unpaired) electrons. The second-order valence-corrected chi connectivity index (χ2v) is 4.25. The third-order valence-electron chi connectivity index (χ3n) is 3.29. The molecule has 2 unspecified atom stereocenters. The first kappa shape index (κ1) is 11.2. The number of pyridine rings is 1. The van der Waals surface area contributed by atoms with Gasteiger partial charge in [0.15, 0.2) is 0 Å². The van der Waals surface area contributed by atoms with Gasteiger partial charge in [-0.15, -0.1) is 0 Å². The molecule has 2 atom stereocenters. The van der Waals surface area contributed by atoms with Gasteiger partial charge in [-0.3, -0.25) is 0 Å². The van der Waals surface area contributed by atoms with Crippen molar-refractivity contribution < 1.29 is 5.11 Å². The fourth-order valence-electron chi connectivity index (χ4n) is 2.28. The molecule has 1 fully saturated rings. The highest BCUT2D eigenvalue weighted by atomic mass is 16.3. The molecule has 1 aromatic rings. The van der Waals surface area contributed by atoms with E-state index >= 15 is 0 Å². The van der Waals surface area contributed by atoms with Crippen LogP contribution >= 0.6 is 0 Å². The summed E-state index contributed by atoms with van der Waals surface area (Å²) in [5.41, 5.74) is 3.60. The standard InChI is InChI=1S/C11H18N4O/c1-8-3-5-15(10(8)7-16)9-2-4-13-11(6-9)14-12/h2,4,6,8,10,16H,3,5,7,12H2,1H3,(H,13,14). The Morgan fingerprint density at radius 1 is 1.69 bits per heavy atom. The lowest BCUT2D eigenvalue weighted by Gasteiger charge is -2.27. The number of rotatable bonds is 3. The first-order chi connectivity index (χ1) is 7.76. The number of hydrazine groups is 1. The Hall–Kier alpha value is -1.33. The Bertz CT molecular complexity index is 358. The summed E-state index contributed by atoms with van der Waals surface area (Å²) in [6, 6.07) is 4.05. The fraction of sp³-hybridized carbons (Fsp3) is 0.545. The minimum Gasteiger partial charge on any atom is -0.394 e. The van der Waals surface area contributed by atoms with Crippen LogP contribution in [0.4, 0.5) is 11.5 Å². The van der Waals surface area contributed by atoms with E-state index in [2.05, 4.69) is 22.2 Å². The Kier molecular flexibility index (Phi) is 3.26. The number of hydrogen-bond acceptors (Lipinski definition) is 5. The summed E-state index contributed by atoms with van der Waals surface area (Å²) in [5, 5.41) is 9.40. The molecule has 1 aliphatic heterocycles. The minimum absolute atomic E-state index is 0.189. The van der Waals surface area contributed by atoms with Crippen molar-refractivity contribution in [2.75, 3.05) is 23.5 Å². The van der Waals surface area contributed by atoms with Crippen molar-refractivity contribution in [3.05, 3.63) is 18.3 Å². The van der Waals surface area contributed by atoms with Crippen molar-refractivity contribution in [1.82, 2.24) is 4.98 Å². The third-order valence-corrected chi connectivity index (χ3v) is 3.29. The van der Waals surface area contributed by atoms with Crippen LogP contribution in [0.1, 0.15) is 13.3 Å². The number of aliphatic hydroxyl groups is 1. The number of nitrogens with two attached hydrogens (primary N) is 1. The van der Waals surface area contributed by atoms with Crippen LogP contribution in [0.5, 0.6) is 0 Å². The van der Waals surface area contributed by atoms with Gasteiger partial charge in [0.1, 0.15) is 5.82 Å². The van der Waals surface area contributed by atoms with Crippen molar-refractivity contribution >= 4 is 11.5 Å². The van der Waals surface area contributed by atoms with E-state index in [0.717, 1.165) is 18.7 Å². The maximum atomic E-state index is 9.40. The van der Waals surface area contributed by atoms with Crippen LogP contribution in [0, 0.1) is 5.92 Å². The smallest absolute Gasteiger partial charge is 0.141 e. The van der Waals surface area contributed by atoms with Gasteiger partial charge < -0.3 is 15.4 Å². The van der Waals surface area contributed by atoms with Gasteiger partial charge >= 0.3 is 0 Å². The molecule has 0 saturated carbocycles. The molecule has 2 rings (SSSR count). The number of anilines is 2. The van der Waals surface area contributed by atoms with Crippen LogP contribution in [0.25, 0.3) is 0 Å². The van der Waals surface area contributed by atoms with Gasteiger partial charge in [-0.25, -0.2) is 10.8 Å². The average molecular weight is 222 g/mol. The van der Waals surface area contributed by atoms with Gasteiger partial charge in [0.05, 0.1) is 12.6 Å². The molecular formula is C11H18N4O. The molecule has 1 aliphatic rings. The van der Waals surface area contributed by atoms with Crippen LogP contribution in [0.3, 0.4) is 0 Å². The minimum atomic E-state index is 0.189. The number of nitrogens with zero attached hydrogens (tertiary/aromatic N) is 2. The highest BCUT2D eigenvalue weighted by Gasteiger charge is 2.30. The van der Waals surface area contributed by atoms with Crippen molar-refractivity contribution in [3.63, 3.8) is 0 Å². The lowest BCUT2D eigenvalue weighted by atomic mass is 10.0. The van der Waals surface area contributed by atoms with Gasteiger partial charge in [0.25, 0.3) is 0 Å². The lowest BCUT2D eigenvalue weighted by Crippen LogP contribution is -2.35. The second-order valence-electron chi connectivity index (χ2n) is 4.25. The van der Waals surface area contributed by atoms with E-state index in [-0.39, 0.29) is 12.6 Å². The van der Waals surface area contributed by atoms with Gasteiger partial charge in [0.2, 0.25) is 0 Å². The van der Waals surface area contributed by atoms with E-state index in [1.807, 2.05) is 12.1 Å². The van der Waals surface area contributed by atoms with Gasteiger partial charge in [-0.1, -0.05) is 6.92 Å². The zero-order valence-corrected chi connectivity index (χ0v) is 9.43. The maximum Gasteiger partial charge on any atom is 0.141 e. The highest BCUT2D eigenvalue weighted by Crippen LogP contribution is 2.29. The Labute approximate surface area is 95.2 Å².